The lowest BCUT2D eigenvalue weighted by molar-refractivity contribution is 0.0793. The van der Waals surface area contributed by atoms with Crippen LogP contribution in [0.4, 0.5) is 4.39 Å². The van der Waals surface area contributed by atoms with Crippen molar-refractivity contribution in [2.45, 2.75) is 12.6 Å². The number of likely N-dealkylation sites (N-methyl/N-ethyl adjacent to an activating group) is 1. The molecule has 1 unspecified atom stereocenters. The molecule has 1 fully saturated rings. The molecule has 3 nitrogen and oxygen atoms in total. The summed E-state index contributed by atoms with van der Waals surface area (Å²) in [5, 5.41) is 0. The molecular formula is C9H20FN3. The minimum atomic E-state index is -1.23. The Balaban J connectivity index is 2.30. The van der Waals surface area contributed by atoms with Gasteiger partial charge in [-0.2, -0.15) is 0 Å². The van der Waals surface area contributed by atoms with Gasteiger partial charge < -0.3 is 10.6 Å². The summed E-state index contributed by atoms with van der Waals surface area (Å²) in [6.07, 6.45) is 0. The summed E-state index contributed by atoms with van der Waals surface area (Å²) in [6.45, 7) is 6.12. The molecule has 1 rings (SSSR count). The highest BCUT2D eigenvalue weighted by Gasteiger charge is 2.26. The van der Waals surface area contributed by atoms with E-state index in [2.05, 4.69) is 16.8 Å². The largest absolute Gasteiger partial charge is 0.327 e. The maximum Gasteiger partial charge on any atom is 0.133 e. The highest BCUT2D eigenvalue weighted by atomic mass is 19.1. The van der Waals surface area contributed by atoms with Crippen molar-refractivity contribution < 1.29 is 4.39 Å². The second-order valence-electron chi connectivity index (χ2n) is 4.20. The Kier molecular flexibility index (Phi) is 3.64. The fourth-order valence-electron chi connectivity index (χ4n) is 1.54. The molecule has 0 bridgehead atoms. The summed E-state index contributed by atoms with van der Waals surface area (Å²) in [4.78, 5) is 4.40. The van der Waals surface area contributed by atoms with Crippen LogP contribution in [0.3, 0.4) is 0 Å². The van der Waals surface area contributed by atoms with E-state index in [-0.39, 0.29) is 6.54 Å². The molecule has 0 aromatic rings. The Bertz CT molecular complexity index is 153. The van der Waals surface area contributed by atoms with Crippen molar-refractivity contribution in [1.29, 1.82) is 0 Å². The number of hydrogen-bond acceptors (Lipinski definition) is 3. The Morgan fingerprint density at radius 2 is 1.85 bits per heavy atom. The minimum Gasteiger partial charge on any atom is -0.327 e. The van der Waals surface area contributed by atoms with Crippen molar-refractivity contribution in [1.82, 2.24) is 9.80 Å². The standard InChI is InChI=1S/C9H20FN3/c1-9(10,7-11)8-13-5-3-12(2)4-6-13/h3-8,11H2,1-2H3. The molecule has 4 heteroatoms. The number of hydrogen-bond donors (Lipinski definition) is 1. The maximum atomic E-state index is 13.5. The number of piperazine rings is 1. The van der Waals surface area contributed by atoms with Crippen LogP contribution in [0.5, 0.6) is 0 Å². The van der Waals surface area contributed by atoms with E-state index >= 15 is 0 Å². The number of alkyl halides is 1. The minimum absolute atomic E-state index is 0.110. The predicted molar refractivity (Wildman–Crippen MR) is 52.5 cm³/mol. The molecule has 0 radical (unpaired) electrons. The molecule has 0 spiro atoms. The van der Waals surface area contributed by atoms with Gasteiger partial charge in [0.2, 0.25) is 0 Å². The second kappa shape index (κ2) is 4.35. The summed E-state index contributed by atoms with van der Waals surface area (Å²) in [5.41, 5.74) is 4.11. The fraction of sp³-hybridized carbons (Fsp3) is 1.00. The van der Waals surface area contributed by atoms with E-state index in [4.69, 9.17) is 5.73 Å². The van der Waals surface area contributed by atoms with E-state index in [0.29, 0.717) is 6.54 Å². The zero-order valence-corrected chi connectivity index (χ0v) is 8.59. The molecule has 1 saturated heterocycles. The number of rotatable bonds is 3. The third-order valence-corrected chi connectivity index (χ3v) is 2.57. The van der Waals surface area contributed by atoms with Crippen LogP contribution in [0.2, 0.25) is 0 Å². The number of nitrogens with zero attached hydrogens (tertiary/aromatic N) is 2. The van der Waals surface area contributed by atoms with Gasteiger partial charge in [-0.05, 0) is 14.0 Å². The lowest BCUT2D eigenvalue weighted by atomic mass is 10.1. The third kappa shape index (κ3) is 3.58. The van der Waals surface area contributed by atoms with Gasteiger partial charge in [-0.25, -0.2) is 4.39 Å². The van der Waals surface area contributed by atoms with E-state index in [1.54, 1.807) is 6.92 Å². The van der Waals surface area contributed by atoms with Gasteiger partial charge in [0.15, 0.2) is 0 Å². The smallest absolute Gasteiger partial charge is 0.133 e. The van der Waals surface area contributed by atoms with E-state index in [0.717, 1.165) is 26.2 Å². The summed E-state index contributed by atoms with van der Waals surface area (Å²) < 4.78 is 13.5. The highest BCUT2D eigenvalue weighted by Crippen LogP contribution is 2.11. The SMILES string of the molecule is CN1CCN(CC(C)(F)CN)CC1. The van der Waals surface area contributed by atoms with Gasteiger partial charge in [0, 0.05) is 39.3 Å². The monoisotopic (exact) mass is 189 g/mol. The molecule has 1 heterocycles. The van der Waals surface area contributed by atoms with Crippen molar-refractivity contribution in [3.8, 4) is 0 Å². The normalized spacial score (nSPS) is 25.8. The molecule has 0 aliphatic carbocycles. The molecule has 78 valence electrons. The van der Waals surface area contributed by atoms with Crippen molar-refractivity contribution >= 4 is 0 Å². The van der Waals surface area contributed by atoms with Gasteiger partial charge in [0.1, 0.15) is 5.67 Å². The lowest BCUT2D eigenvalue weighted by Gasteiger charge is -2.35. The molecule has 0 aromatic heterocycles. The number of halogens is 1. The number of nitrogens with two attached hydrogens (primary N) is 1. The van der Waals surface area contributed by atoms with E-state index < -0.39 is 5.67 Å². The Hall–Kier alpha value is -0.190. The molecule has 0 saturated carbocycles. The second-order valence-corrected chi connectivity index (χ2v) is 4.20. The summed E-state index contributed by atoms with van der Waals surface area (Å²) in [6, 6.07) is 0. The first-order valence-electron chi connectivity index (χ1n) is 4.83. The van der Waals surface area contributed by atoms with Gasteiger partial charge in [0.25, 0.3) is 0 Å². The van der Waals surface area contributed by atoms with E-state index in [1.165, 1.54) is 0 Å². The Morgan fingerprint density at radius 3 is 2.31 bits per heavy atom. The van der Waals surface area contributed by atoms with Gasteiger partial charge in [0.05, 0.1) is 0 Å². The Morgan fingerprint density at radius 1 is 1.31 bits per heavy atom. The molecule has 1 atom stereocenters. The van der Waals surface area contributed by atoms with Gasteiger partial charge in [-0.15, -0.1) is 0 Å². The van der Waals surface area contributed by atoms with Crippen LogP contribution >= 0.6 is 0 Å². The average molecular weight is 189 g/mol. The van der Waals surface area contributed by atoms with Gasteiger partial charge in [-0.1, -0.05) is 0 Å². The van der Waals surface area contributed by atoms with Crippen molar-refractivity contribution in [2.75, 3.05) is 46.3 Å². The zero-order valence-electron chi connectivity index (χ0n) is 8.59. The van der Waals surface area contributed by atoms with Crippen LogP contribution in [0.15, 0.2) is 0 Å². The van der Waals surface area contributed by atoms with Crippen LogP contribution in [-0.4, -0.2) is 61.8 Å². The van der Waals surface area contributed by atoms with Crippen LogP contribution in [0.25, 0.3) is 0 Å². The highest BCUT2D eigenvalue weighted by molar-refractivity contribution is 4.81. The van der Waals surface area contributed by atoms with Gasteiger partial charge in [-0.3, -0.25) is 4.90 Å². The van der Waals surface area contributed by atoms with Crippen LogP contribution in [-0.2, 0) is 0 Å². The summed E-state index contributed by atoms with van der Waals surface area (Å²) >= 11 is 0. The first-order valence-corrected chi connectivity index (χ1v) is 4.83. The van der Waals surface area contributed by atoms with Gasteiger partial charge >= 0.3 is 0 Å². The fourth-order valence-corrected chi connectivity index (χ4v) is 1.54. The topological polar surface area (TPSA) is 32.5 Å². The molecule has 0 amide bonds. The quantitative estimate of drug-likeness (QED) is 0.674. The van der Waals surface area contributed by atoms with Crippen LogP contribution < -0.4 is 5.73 Å². The maximum absolute atomic E-state index is 13.5. The van der Waals surface area contributed by atoms with Crippen molar-refractivity contribution in [2.24, 2.45) is 5.73 Å². The van der Waals surface area contributed by atoms with Crippen molar-refractivity contribution in [3.05, 3.63) is 0 Å². The summed E-state index contributed by atoms with van der Waals surface area (Å²) in [7, 11) is 2.09. The van der Waals surface area contributed by atoms with Crippen molar-refractivity contribution in [3.63, 3.8) is 0 Å². The van der Waals surface area contributed by atoms with Crippen LogP contribution in [0.1, 0.15) is 6.92 Å². The molecule has 0 aromatic carbocycles. The zero-order chi connectivity index (χ0) is 9.90. The predicted octanol–water partition coefficient (Wildman–Crippen LogP) is -0.0793. The molecular weight excluding hydrogens is 169 g/mol. The van der Waals surface area contributed by atoms with E-state index in [9.17, 15) is 4.39 Å². The molecule has 13 heavy (non-hydrogen) atoms. The molecule has 1 aliphatic heterocycles. The third-order valence-electron chi connectivity index (χ3n) is 2.57. The average Bonchev–Trinajstić information content (AvgIpc) is 2.09. The molecule has 1 aliphatic rings. The van der Waals surface area contributed by atoms with Crippen LogP contribution in [0, 0.1) is 0 Å². The molecule has 2 N–H and O–H groups in total. The summed E-state index contributed by atoms with van der Waals surface area (Å²) in [5.74, 6) is 0. The first kappa shape index (κ1) is 10.9. The lowest BCUT2D eigenvalue weighted by Crippen LogP contribution is -2.50. The van der Waals surface area contributed by atoms with E-state index in [1.807, 2.05) is 0 Å². The first-order chi connectivity index (χ1) is 6.03. The Labute approximate surface area is 79.7 Å².